The zero-order valence-corrected chi connectivity index (χ0v) is 14.4. The van der Waals surface area contributed by atoms with Gasteiger partial charge in [0, 0.05) is 17.0 Å². The third kappa shape index (κ3) is 2.96. The SMILES string of the molecule is Cc1ccc(C(=O)OCc2cc(=O)oc3cc4c(cc23)CCC4)cc1O. The van der Waals surface area contributed by atoms with Gasteiger partial charge in [0.2, 0.25) is 0 Å². The van der Waals surface area contributed by atoms with Gasteiger partial charge in [-0.3, -0.25) is 0 Å². The van der Waals surface area contributed by atoms with Crippen LogP contribution >= 0.6 is 0 Å². The minimum Gasteiger partial charge on any atom is -0.508 e. The standard InChI is InChI=1S/C21H18O5/c1-12-5-6-15(8-18(12)22)21(24)25-11-16-10-20(23)26-19-9-14-4-2-3-13(14)7-17(16)19/h5-10,22H,2-4,11H2,1H3. The summed E-state index contributed by atoms with van der Waals surface area (Å²) in [6, 6.07) is 9.94. The summed E-state index contributed by atoms with van der Waals surface area (Å²) in [5, 5.41) is 10.5. The van der Waals surface area contributed by atoms with Crippen LogP contribution in [0.2, 0.25) is 0 Å². The van der Waals surface area contributed by atoms with E-state index in [2.05, 4.69) is 0 Å². The Hall–Kier alpha value is -3.08. The minimum absolute atomic E-state index is 0.0334. The van der Waals surface area contributed by atoms with Crippen molar-refractivity contribution >= 4 is 16.9 Å². The van der Waals surface area contributed by atoms with Crippen LogP contribution in [0.1, 0.15) is 39.0 Å². The number of fused-ring (bicyclic) bond motifs is 2. The van der Waals surface area contributed by atoms with Crippen molar-refractivity contribution < 1.29 is 19.1 Å². The van der Waals surface area contributed by atoms with Crippen LogP contribution in [-0.2, 0) is 24.2 Å². The van der Waals surface area contributed by atoms with Gasteiger partial charge in [0.25, 0.3) is 0 Å². The number of benzene rings is 2. The van der Waals surface area contributed by atoms with Crippen LogP contribution in [0, 0.1) is 6.92 Å². The Morgan fingerprint density at radius 3 is 2.69 bits per heavy atom. The first-order valence-corrected chi connectivity index (χ1v) is 8.56. The second-order valence-corrected chi connectivity index (χ2v) is 6.64. The molecule has 1 aliphatic carbocycles. The van der Waals surface area contributed by atoms with Crippen LogP contribution in [-0.4, -0.2) is 11.1 Å². The van der Waals surface area contributed by atoms with E-state index in [0.29, 0.717) is 16.7 Å². The quantitative estimate of drug-likeness (QED) is 0.576. The Bertz CT molecular complexity index is 1080. The minimum atomic E-state index is -0.553. The molecule has 0 atom stereocenters. The molecule has 1 heterocycles. The van der Waals surface area contributed by atoms with Crippen molar-refractivity contribution in [1.29, 1.82) is 0 Å². The molecule has 1 aliphatic rings. The van der Waals surface area contributed by atoms with Gasteiger partial charge in [-0.05, 0) is 67.1 Å². The Balaban J connectivity index is 1.63. The highest BCUT2D eigenvalue weighted by Crippen LogP contribution is 2.29. The fourth-order valence-corrected chi connectivity index (χ4v) is 3.38. The number of aryl methyl sites for hydroxylation is 3. The molecule has 5 heteroatoms. The van der Waals surface area contributed by atoms with Crippen LogP contribution in [0.3, 0.4) is 0 Å². The highest BCUT2D eigenvalue weighted by atomic mass is 16.5. The second-order valence-electron chi connectivity index (χ2n) is 6.64. The lowest BCUT2D eigenvalue weighted by atomic mass is 10.0. The first kappa shape index (κ1) is 16.4. The summed E-state index contributed by atoms with van der Waals surface area (Å²) in [5.74, 6) is -0.510. The number of carbonyl (C=O) groups is 1. The maximum Gasteiger partial charge on any atom is 0.338 e. The number of aromatic hydroxyl groups is 1. The molecule has 3 aromatic rings. The third-order valence-electron chi connectivity index (χ3n) is 4.85. The molecule has 0 saturated carbocycles. The summed E-state index contributed by atoms with van der Waals surface area (Å²) in [4.78, 5) is 24.1. The smallest absolute Gasteiger partial charge is 0.338 e. The Labute approximate surface area is 149 Å². The molecule has 0 spiro atoms. The summed E-state index contributed by atoms with van der Waals surface area (Å²) < 4.78 is 10.7. The average Bonchev–Trinajstić information content (AvgIpc) is 3.07. The Morgan fingerprint density at radius 1 is 1.15 bits per heavy atom. The van der Waals surface area contributed by atoms with Gasteiger partial charge in [-0.25, -0.2) is 9.59 Å². The molecule has 0 amide bonds. The van der Waals surface area contributed by atoms with Gasteiger partial charge >= 0.3 is 11.6 Å². The summed E-state index contributed by atoms with van der Waals surface area (Å²) in [7, 11) is 0. The number of carbonyl (C=O) groups excluding carboxylic acids is 1. The lowest BCUT2D eigenvalue weighted by Crippen LogP contribution is -2.08. The Morgan fingerprint density at radius 2 is 1.92 bits per heavy atom. The molecule has 0 aliphatic heterocycles. The molecule has 0 radical (unpaired) electrons. The normalized spacial score (nSPS) is 13.0. The fourth-order valence-electron chi connectivity index (χ4n) is 3.38. The molecule has 0 saturated heterocycles. The molecule has 132 valence electrons. The van der Waals surface area contributed by atoms with E-state index < -0.39 is 11.6 Å². The van der Waals surface area contributed by atoms with E-state index in [1.807, 2.05) is 12.1 Å². The molecule has 1 N–H and O–H groups in total. The fraction of sp³-hybridized carbons (Fsp3) is 0.238. The van der Waals surface area contributed by atoms with Crippen LogP contribution in [0.25, 0.3) is 11.0 Å². The predicted octanol–water partition coefficient (Wildman–Crippen LogP) is 3.65. The lowest BCUT2D eigenvalue weighted by Gasteiger charge is -2.09. The molecular weight excluding hydrogens is 332 g/mol. The van der Waals surface area contributed by atoms with Crippen molar-refractivity contribution in [2.24, 2.45) is 0 Å². The van der Waals surface area contributed by atoms with Crippen molar-refractivity contribution in [2.45, 2.75) is 32.8 Å². The first-order chi connectivity index (χ1) is 12.5. The van der Waals surface area contributed by atoms with E-state index in [4.69, 9.17) is 9.15 Å². The largest absolute Gasteiger partial charge is 0.508 e. The summed E-state index contributed by atoms with van der Waals surface area (Å²) >= 11 is 0. The van der Waals surface area contributed by atoms with Crippen molar-refractivity contribution in [1.82, 2.24) is 0 Å². The molecule has 0 bridgehead atoms. The van der Waals surface area contributed by atoms with Gasteiger partial charge in [-0.2, -0.15) is 0 Å². The van der Waals surface area contributed by atoms with E-state index in [0.717, 1.165) is 24.6 Å². The zero-order chi connectivity index (χ0) is 18.3. The summed E-state index contributed by atoms with van der Waals surface area (Å²) in [6.45, 7) is 1.71. The molecule has 5 nitrogen and oxygen atoms in total. The maximum absolute atomic E-state index is 12.3. The molecule has 0 fully saturated rings. The van der Waals surface area contributed by atoms with Gasteiger partial charge in [0.05, 0.1) is 5.56 Å². The number of phenols is 1. The van der Waals surface area contributed by atoms with Crippen molar-refractivity contribution in [3.8, 4) is 5.75 Å². The topological polar surface area (TPSA) is 76.7 Å². The molecule has 26 heavy (non-hydrogen) atoms. The zero-order valence-electron chi connectivity index (χ0n) is 14.4. The number of phenolic OH excluding ortho intramolecular Hbond substituents is 1. The van der Waals surface area contributed by atoms with E-state index >= 15 is 0 Å². The van der Waals surface area contributed by atoms with E-state index in [1.54, 1.807) is 19.1 Å². The van der Waals surface area contributed by atoms with Gasteiger partial charge in [-0.15, -0.1) is 0 Å². The number of ether oxygens (including phenoxy) is 1. The lowest BCUT2D eigenvalue weighted by molar-refractivity contribution is 0.0473. The van der Waals surface area contributed by atoms with E-state index in [1.165, 1.54) is 23.3 Å². The van der Waals surface area contributed by atoms with E-state index in [9.17, 15) is 14.7 Å². The number of hydrogen-bond acceptors (Lipinski definition) is 5. The predicted molar refractivity (Wildman–Crippen MR) is 96.5 cm³/mol. The first-order valence-electron chi connectivity index (χ1n) is 8.56. The monoisotopic (exact) mass is 350 g/mol. The highest BCUT2D eigenvalue weighted by molar-refractivity contribution is 5.90. The molecular formula is C21H18O5. The van der Waals surface area contributed by atoms with Gasteiger partial charge in [-0.1, -0.05) is 6.07 Å². The number of hydrogen-bond donors (Lipinski definition) is 1. The van der Waals surface area contributed by atoms with Gasteiger partial charge < -0.3 is 14.3 Å². The van der Waals surface area contributed by atoms with Gasteiger partial charge in [0.15, 0.2) is 0 Å². The van der Waals surface area contributed by atoms with Crippen molar-refractivity contribution in [3.63, 3.8) is 0 Å². The average molecular weight is 350 g/mol. The molecule has 0 unspecified atom stereocenters. The second kappa shape index (κ2) is 6.33. The number of rotatable bonds is 3. The van der Waals surface area contributed by atoms with Crippen LogP contribution in [0.5, 0.6) is 5.75 Å². The highest BCUT2D eigenvalue weighted by Gasteiger charge is 2.16. The Kier molecular flexibility index (Phi) is 3.99. The van der Waals surface area contributed by atoms with E-state index in [-0.39, 0.29) is 17.9 Å². The summed E-state index contributed by atoms with van der Waals surface area (Å²) in [5.41, 5.74) is 4.10. The summed E-state index contributed by atoms with van der Waals surface area (Å²) in [6.07, 6.45) is 3.09. The molecule has 4 rings (SSSR count). The van der Waals surface area contributed by atoms with Gasteiger partial charge in [0.1, 0.15) is 17.9 Å². The van der Waals surface area contributed by atoms with Crippen LogP contribution < -0.4 is 5.63 Å². The third-order valence-corrected chi connectivity index (χ3v) is 4.85. The number of esters is 1. The van der Waals surface area contributed by atoms with Crippen LogP contribution in [0.4, 0.5) is 0 Å². The van der Waals surface area contributed by atoms with Crippen LogP contribution in [0.15, 0.2) is 45.6 Å². The maximum atomic E-state index is 12.3. The molecule has 1 aromatic heterocycles. The van der Waals surface area contributed by atoms with Crippen molar-refractivity contribution in [3.05, 3.63) is 74.6 Å². The molecule has 2 aromatic carbocycles. The van der Waals surface area contributed by atoms with Crippen molar-refractivity contribution in [2.75, 3.05) is 0 Å².